The predicted octanol–water partition coefficient (Wildman–Crippen LogP) is 2.75. The summed E-state index contributed by atoms with van der Waals surface area (Å²) < 4.78 is 4.72. The Balaban J connectivity index is 2.25. The molecule has 4 nitrogen and oxygen atoms in total. The van der Waals surface area contributed by atoms with Gasteiger partial charge in [0, 0.05) is 11.9 Å². The average Bonchev–Trinajstić information content (AvgIpc) is 2.91. The molecule has 1 heterocycles. The minimum atomic E-state index is -0.356. The molecule has 0 saturated carbocycles. The van der Waals surface area contributed by atoms with Gasteiger partial charge in [-0.2, -0.15) is 0 Å². The van der Waals surface area contributed by atoms with Crippen LogP contribution in [0.4, 0.5) is 11.4 Å². The van der Waals surface area contributed by atoms with Gasteiger partial charge >= 0.3 is 5.97 Å². The summed E-state index contributed by atoms with van der Waals surface area (Å²) in [6.45, 7) is 0.756. The van der Waals surface area contributed by atoms with E-state index in [0.717, 1.165) is 12.2 Å². The highest BCUT2D eigenvalue weighted by Crippen LogP contribution is 2.26. The lowest BCUT2D eigenvalue weighted by atomic mass is 10.1. The predicted molar refractivity (Wildman–Crippen MR) is 78.6 cm³/mol. The van der Waals surface area contributed by atoms with Gasteiger partial charge in [0.1, 0.15) is 0 Å². The van der Waals surface area contributed by atoms with Gasteiger partial charge in [-0.05, 0) is 29.6 Å². The molecule has 2 rings (SSSR count). The van der Waals surface area contributed by atoms with Crippen LogP contribution in [-0.4, -0.2) is 20.1 Å². The third-order valence-electron chi connectivity index (χ3n) is 2.84. The number of anilines is 2. The minimum absolute atomic E-state index is 0.356. The number of hydrogen-bond donors (Lipinski definition) is 1. The molecule has 0 aliphatic rings. The number of thiophene rings is 1. The topological polar surface area (TPSA) is 55.6 Å². The zero-order chi connectivity index (χ0) is 13.8. The Labute approximate surface area is 116 Å². The van der Waals surface area contributed by atoms with Crippen molar-refractivity contribution < 1.29 is 9.53 Å². The highest BCUT2D eigenvalue weighted by molar-refractivity contribution is 7.09. The number of nitrogens with zero attached hydrogens (tertiary/aromatic N) is 1. The largest absolute Gasteiger partial charge is 0.465 e. The van der Waals surface area contributed by atoms with Crippen LogP contribution < -0.4 is 10.6 Å². The van der Waals surface area contributed by atoms with E-state index in [4.69, 9.17) is 10.5 Å². The summed E-state index contributed by atoms with van der Waals surface area (Å²) in [6.07, 6.45) is 0. The van der Waals surface area contributed by atoms with E-state index in [9.17, 15) is 4.79 Å². The summed E-state index contributed by atoms with van der Waals surface area (Å²) in [6, 6.07) is 9.24. The smallest absolute Gasteiger partial charge is 0.337 e. The van der Waals surface area contributed by atoms with Crippen LogP contribution in [0.25, 0.3) is 0 Å². The monoisotopic (exact) mass is 276 g/mol. The van der Waals surface area contributed by atoms with Crippen molar-refractivity contribution in [3.05, 3.63) is 46.2 Å². The number of carbonyl (C=O) groups is 1. The molecular weight excluding hydrogens is 260 g/mol. The van der Waals surface area contributed by atoms with Crippen molar-refractivity contribution in [1.29, 1.82) is 0 Å². The molecule has 0 radical (unpaired) electrons. The second-order valence-electron chi connectivity index (χ2n) is 4.20. The van der Waals surface area contributed by atoms with Gasteiger partial charge in [-0.1, -0.05) is 6.07 Å². The number of nitrogen functional groups attached to an aromatic ring is 1. The first-order valence-corrected chi connectivity index (χ1v) is 6.71. The van der Waals surface area contributed by atoms with E-state index in [0.29, 0.717) is 11.3 Å². The van der Waals surface area contributed by atoms with E-state index < -0.39 is 0 Å². The van der Waals surface area contributed by atoms with E-state index in [2.05, 4.69) is 6.07 Å². The van der Waals surface area contributed by atoms with Crippen LogP contribution in [0, 0.1) is 0 Å². The van der Waals surface area contributed by atoms with Crippen LogP contribution in [0.3, 0.4) is 0 Å². The van der Waals surface area contributed by atoms with E-state index in [1.807, 2.05) is 23.4 Å². The van der Waals surface area contributed by atoms with E-state index in [-0.39, 0.29) is 5.97 Å². The first-order valence-electron chi connectivity index (χ1n) is 5.83. The average molecular weight is 276 g/mol. The zero-order valence-corrected chi connectivity index (χ0v) is 11.7. The summed E-state index contributed by atoms with van der Waals surface area (Å²) in [5.41, 5.74) is 7.95. The van der Waals surface area contributed by atoms with Crippen LogP contribution in [-0.2, 0) is 11.3 Å². The zero-order valence-electron chi connectivity index (χ0n) is 10.9. The van der Waals surface area contributed by atoms with Crippen molar-refractivity contribution in [2.45, 2.75) is 6.54 Å². The fraction of sp³-hybridized carbons (Fsp3) is 0.214. The minimum Gasteiger partial charge on any atom is -0.465 e. The van der Waals surface area contributed by atoms with E-state index >= 15 is 0 Å². The first kappa shape index (κ1) is 13.4. The summed E-state index contributed by atoms with van der Waals surface area (Å²) in [5.74, 6) is -0.356. The Morgan fingerprint density at radius 1 is 1.42 bits per heavy atom. The molecule has 0 atom stereocenters. The van der Waals surface area contributed by atoms with E-state index in [1.165, 1.54) is 12.0 Å². The normalized spacial score (nSPS) is 10.2. The number of nitrogens with two attached hydrogens (primary N) is 1. The quantitative estimate of drug-likeness (QED) is 0.689. The maximum atomic E-state index is 11.5. The Hall–Kier alpha value is -2.01. The maximum Gasteiger partial charge on any atom is 0.337 e. The second-order valence-corrected chi connectivity index (χ2v) is 5.23. The van der Waals surface area contributed by atoms with Gasteiger partial charge < -0.3 is 15.4 Å². The summed E-state index contributed by atoms with van der Waals surface area (Å²) in [4.78, 5) is 14.8. The molecule has 0 aliphatic carbocycles. The number of methoxy groups -OCH3 is 1. The SMILES string of the molecule is COC(=O)c1ccc(N)c(N(C)Cc2cccs2)c1. The lowest BCUT2D eigenvalue weighted by molar-refractivity contribution is 0.0601. The lowest BCUT2D eigenvalue weighted by Crippen LogP contribution is -2.18. The van der Waals surface area contributed by atoms with Crippen LogP contribution in [0.1, 0.15) is 15.2 Å². The molecule has 1 aromatic carbocycles. The Morgan fingerprint density at radius 2 is 2.21 bits per heavy atom. The van der Waals surface area contributed by atoms with Crippen molar-refractivity contribution in [3.63, 3.8) is 0 Å². The van der Waals surface area contributed by atoms with Gasteiger partial charge in [0.05, 0.1) is 30.6 Å². The summed E-state index contributed by atoms with van der Waals surface area (Å²) in [5, 5.41) is 2.04. The molecule has 0 fully saturated rings. The van der Waals surface area contributed by atoms with Gasteiger partial charge in [0.25, 0.3) is 0 Å². The van der Waals surface area contributed by atoms with Crippen LogP contribution in [0.2, 0.25) is 0 Å². The van der Waals surface area contributed by atoms with Gasteiger partial charge in [0.2, 0.25) is 0 Å². The molecule has 0 bridgehead atoms. The van der Waals surface area contributed by atoms with E-state index in [1.54, 1.807) is 29.5 Å². The van der Waals surface area contributed by atoms with Crippen molar-refractivity contribution in [2.75, 3.05) is 24.8 Å². The lowest BCUT2D eigenvalue weighted by Gasteiger charge is -2.21. The van der Waals surface area contributed by atoms with Crippen LogP contribution in [0.5, 0.6) is 0 Å². The molecule has 0 aliphatic heterocycles. The van der Waals surface area contributed by atoms with Crippen LogP contribution >= 0.6 is 11.3 Å². The number of carbonyl (C=O) groups excluding carboxylic acids is 1. The molecule has 0 saturated heterocycles. The number of hydrogen-bond acceptors (Lipinski definition) is 5. The van der Waals surface area contributed by atoms with Crippen molar-refractivity contribution >= 4 is 28.7 Å². The fourth-order valence-corrected chi connectivity index (χ4v) is 2.60. The Morgan fingerprint density at radius 3 is 2.84 bits per heavy atom. The molecule has 2 N–H and O–H groups in total. The summed E-state index contributed by atoms with van der Waals surface area (Å²) >= 11 is 1.69. The molecule has 5 heteroatoms. The van der Waals surface area contributed by atoms with Gasteiger partial charge in [-0.25, -0.2) is 4.79 Å². The molecule has 0 spiro atoms. The Kier molecular flexibility index (Phi) is 4.06. The third-order valence-corrected chi connectivity index (χ3v) is 3.70. The fourth-order valence-electron chi connectivity index (χ4n) is 1.84. The highest BCUT2D eigenvalue weighted by Gasteiger charge is 2.12. The molecule has 100 valence electrons. The standard InChI is InChI=1S/C14H16N2O2S/c1-16(9-11-4-3-7-19-11)13-8-10(14(17)18-2)5-6-12(13)15/h3-8H,9,15H2,1-2H3. The van der Waals surface area contributed by atoms with Crippen LogP contribution in [0.15, 0.2) is 35.7 Å². The molecular formula is C14H16N2O2S. The van der Waals surface area contributed by atoms with Gasteiger partial charge in [-0.3, -0.25) is 0 Å². The molecule has 0 unspecified atom stereocenters. The molecule has 2 aromatic rings. The second kappa shape index (κ2) is 5.75. The maximum absolute atomic E-state index is 11.5. The molecule has 0 amide bonds. The molecule has 19 heavy (non-hydrogen) atoms. The Bertz CT molecular complexity index is 567. The van der Waals surface area contributed by atoms with Gasteiger partial charge in [-0.15, -0.1) is 11.3 Å². The highest BCUT2D eigenvalue weighted by atomic mass is 32.1. The van der Waals surface area contributed by atoms with Crippen molar-refractivity contribution in [1.82, 2.24) is 0 Å². The number of esters is 1. The number of benzene rings is 1. The van der Waals surface area contributed by atoms with Crippen molar-refractivity contribution in [3.8, 4) is 0 Å². The number of ether oxygens (including phenoxy) is 1. The first-order chi connectivity index (χ1) is 9.11. The summed E-state index contributed by atoms with van der Waals surface area (Å²) in [7, 11) is 3.32. The number of rotatable bonds is 4. The van der Waals surface area contributed by atoms with Crippen molar-refractivity contribution in [2.24, 2.45) is 0 Å². The third kappa shape index (κ3) is 3.06. The molecule has 1 aromatic heterocycles. The van der Waals surface area contributed by atoms with Gasteiger partial charge in [0.15, 0.2) is 0 Å².